The fourth-order valence-corrected chi connectivity index (χ4v) is 1.29. The second-order valence-electron chi connectivity index (χ2n) is 3.37. The molecule has 0 aromatic heterocycles. The highest BCUT2D eigenvalue weighted by Gasteiger charge is 1.98. The number of rotatable bonds is 4. The average Bonchev–Trinajstić information content (AvgIpc) is 2.35. The van der Waals surface area contributed by atoms with Crippen molar-refractivity contribution in [2.24, 2.45) is 0 Å². The quantitative estimate of drug-likeness (QED) is 0.496. The molecule has 18 heavy (non-hydrogen) atoms. The first-order chi connectivity index (χ1) is 8.61. The van der Waals surface area contributed by atoms with Gasteiger partial charge in [-0.25, -0.2) is 4.39 Å². The standard InChI is InChI=1S/C13H13FN2OS/c1-2-9-15-13(18)16-12(17)8-5-10-3-6-11(14)7-4-10/h2-8H,1,9H2,(H2,15,16,17,18). The van der Waals surface area contributed by atoms with Gasteiger partial charge in [-0.15, -0.1) is 6.58 Å². The van der Waals surface area contributed by atoms with Gasteiger partial charge in [-0.2, -0.15) is 0 Å². The van der Waals surface area contributed by atoms with Crippen LogP contribution in [-0.4, -0.2) is 17.6 Å². The molecule has 3 nitrogen and oxygen atoms in total. The van der Waals surface area contributed by atoms with Crippen molar-refractivity contribution < 1.29 is 9.18 Å². The lowest BCUT2D eigenvalue weighted by molar-refractivity contribution is -0.115. The van der Waals surface area contributed by atoms with Crippen molar-refractivity contribution in [1.29, 1.82) is 0 Å². The van der Waals surface area contributed by atoms with Gasteiger partial charge in [0.25, 0.3) is 0 Å². The van der Waals surface area contributed by atoms with Crippen molar-refractivity contribution >= 4 is 29.3 Å². The second kappa shape index (κ2) is 7.34. The highest BCUT2D eigenvalue weighted by atomic mass is 32.1. The summed E-state index contributed by atoms with van der Waals surface area (Å²) in [5, 5.41) is 5.48. The summed E-state index contributed by atoms with van der Waals surface area (Å²) in [6.07, 6.45) is 4.53. The Kier molecular flexibility index (Phi) is 5.73. The van der Waals surface area contributed by atoms with Crippen LogP contribution in [0.4, 0.5) is 4.39 Å². The molecule has 0 saturated carbocycles. The van der Waals surface area contributed by atoms with Crippen LogP contribution in [0.2, 0.25) is 0 Å². The van der Waals surface area contributed by atoms with Gasteiger partial charge in [0.2, 0.25) is 5.91 Å². The molecule has 0 aliphatic heterocycles. The first-order valence-electron chi connectivity index (χ1n) is 5.25. The van der Waals surface area contributed by atoms with Crippen molar-refractivity contribution in [2.75, 3.05) is 6.54 Å². The number of carbonyl (C=O) groups is 1. The van der Waals surface area contributed by atoms with Gasteiger partial charge in [0, 0.05) is 12.6 Å². The number of nitrogens with one attached hydrogen (secondary N) is 2. The van der Waals surface area contributed by atoms with Crippen molar-refractivity contribution in [1.82, 2.24) is 10.6 Å². The molecule has 1 aromatic rings. The van der Waals surface area contributed by atoms with Crippen LogP contribution >= 0.6 is 12.2 Å². The van der Waals surface area contributed by atoms with Crippen LogP contribution < -0.4 is 10.6 Å². The lowest BCUT2D eigenvalue weighted by Crippen LogP contribution is -2.38. The van der Waals surface area contributed by atoms with Crippen LogP contribution in [0.25, 0.3) is 6.08 Å². The largest absolute Gasteiger partial charge is 0.359 e. The van der Waals surface area contributed by atoms with E-state index in [4.69, 9.17) is 12.2 Å². The second-order valence-corrected chi connectivity index (χ2v) is 3.78. The van der Waals surface area contributed by atoms with Gasteiger partial charge in [0.1, 0.15) is 5.82 Å². The highest BCUT2D eigenvalue weighted by Crippen LogP contribution is 2.04. The van der Waals surface area contributed by atoms with Crippen LogP contribution in [0.15, 0.2) is 43.0 Å². The van der Waals surface area contributed by atoms with E-state index >= 15 is 0 Å². The zero-order chi connectivity index (χ0) is 13.4. The van der Waals surface area contributed by atoms with E-state index in [0.29, 0.717) is 6.54 Å². The number of benzene rings is 1. The Hall–Kier alpha value is -2.01. The molecule has 2 N–H and O–H groups in total. The maximum atomic E-state index is 12.6. The maximum Gasteiger partial charge on any atom is 0.250 e. The summed E-state index contributed by atoms with van der Waals surface area (Å²) in [4.78, 5) is 11.4. The van der Waals surface area contributed by atoms with E-state index in [1.807, 2.05) is 0 Å². The van der Waals surface area contributed by atoms with E-state index in [1.54, 1.807) is 24.3 Å². The number of halogens is 1. The first kappa shape index (κ1) is 14.1. The minimum atomic E-state index is -0.346. The third-order valence-corrected chi connectivity index (χ3v) is 2.19. The molecule has 5 heteroatoms. The zero-order valence-electron chi connectivity index (χ0n) is 9.65. The van der Waals surface area contributed by atoms with E-state index in [-0.39, 0.29) is 16.8 Å². The molecule has 0 fully saturated rings. The van der Waals surface area contributed by atoms with Crippen molar-refractivity contribution in [3.8, 4) is 0 Å². The molecule has 1 rings (SSSR count). The fourth-order valence-electron chi connectivity index (χ4n) is 1.11. The maximum absolute atomic E-state index is 12.6. The molecule has 0 saturated heterocycles. The molecule has 0 aliphatic rings. The molecule has 94 valence electrons. The Morgan fingerprint density at radius 3 is 2.67 bits per heavy atom. The van der Waals surface area contributed by atoms with Crippen molar-refractivity contribution in [3.63, 3.8) is 0 Å². The highest BCUT2D eigenvalue weighted by molar-refractivity contribution is 7.80. The Balaban J connectivity index is 2.46. The van der Waals surface area contributed by atoms with E-state index in [9.17, 15) is 9.18 Å². The summed E-state index contributed by atoms with van der Waals surface area (Å²) in [5.74, 6) is -0.660. The zero-order valence-corrected chi connectivity index (χ0v) is 10.5. The molecule has 0 bridgehead atoms. The first-order valence-corrected chi connectivity index (χ1v) is 5.66. The molecular formula is C13H13FN2OS. The van der Waals surface area contributed by atoms with E-state index in [0.717, 1.165) is 5.56 Å². The van der Waals surface area contributed by atoms with Crippen molar-refractivity contribution in [3.05, 3.63) is 54.4 Å². The third-order valence-electron chi connectivity index (χ3n) is 1.94. The number of hydrogen-bond donors (Lipinski definition) is 2. The molecule has 0 heterocycles. The van der Waals surface area contributed by atoms with Crippen LogP contribution in [0.1, 0.15) is 5.56 Å². The predicted octanol–water partition coefficient (Wildman–Crippen LogP) is 2.02. The average molecular weight is 264 g/mol. The summed E-state index contributed by atoms with van der Waals surface area (Å²) in [6, 6.07) is 5.81. The fraction of sp³-hybridized carbons (Fsp3) is 0.0769. The molecule has 1 amide bonds. The Labute approximate surface area is 110 Å². The summed E-state index contributed by atoms with van der Waals surface area (Å²) >= 11 is 4.87. The number of carbonyl (C=O) groups excluding carboxylic acids is 1. The monoisotopic (exact) mass is 264 g/mol. The summed E-state index contributed by atoms with van der Waals surface area (Å²) in [5.41, 5.74) is 0.733. The summed E-state index contributed by atoms with van der Waals surface area (Å²) in [7, 11) is 0. The minimum Gasteiger partial charge on any atom is -0.359 e. The van der Waals surface area contributed by atoms with E-state index in [1.165, 1.54) is 18.2 Å². The molecule has 0 spiro atoms. The smallest absolute Gasteiger partial charge is 0.250 e. The molecule has 0 unspecified atom stereocenters. The lowest BCUT2D eigenvalue weighted by atomic mass is 10.2. The van der Waals surface area contributed by atoms with E-state index < -0.39 is 0 Å². The SMILES string of the molecule is C=CCNC(=S)NC(=O)C=Cc1ccc(F)cc1. The lowest BCUT2D eigenvalue weighted by Gasteiger charge is -2.04. The summed E-state index contributed by atoms with van der Waals surface area (Å²) in [6.45, 7) is 4.00. The molecule has 0 atom stereocenters. The normalized spacial score (nSPS) is 10.1. The van der Waals surface area contributed by atoms with Gasteiger partial charge < -0.3 is 5.32 Å². The van der Waals surface area contributed by atoms with Gasteiger partial charge in [0.05, 0.1) is 0 Å². The van der Waals surface area contributed by atoms with E-state index in [2.05, 4.69) is 17.2 Å². The third kappa shape index (κ3) is 5.36. The van der Waals surface area contributed by atoms with Gasteiger partial charge in [-0.3, -0.25) is 10.1 Å². The Bertz CT molecular complexity index is 468. The predicted molar refractivity (Wildman–Crippen MR) is 74.4 cm³/mol. The Morgan fingerprint density at radius 2 is 2.06 bits per heavy atom. The molecule has 0 aliphatic carbocycles. The van der Waals surface area contributed by atoms with Gasteiger partial charge in [0.15, 0.2) is 5.11 Å². The van der Waals surface area contributed by atoms with Crippen molar-refractivity contribution in [2.45, 2.75) is 0 Å². The Morgan fingerprint density at radius 1 is 1.39 bits per heavy atom. The number of amides is 1. The van der Waals surface area contributed by atoms with Crippen LogP contribution in [-0.2, 0) is 4.79 Å². The minimum absolute atomic E-state index is 0.239. The summed E-state index contributed by atoms with van der Waals surface area (Å²) < 4.78 is 12.6. The topological polar surface area (TPSA) is 41.1 Å². The molecular weight excluding hydrogens is 251 g/mol. The van der Waals surface area contributed by atoms with Crippen LogP contribution in [0.5, 0.6) is 0 Å². The van der Waals surface area contributed by atoms with Gasteiger partial charge in [-0.05, 0) is 36.0 Å². The van der Waals surface area contributed by atoms with Gasteiger partial charge >= 0.3 is 0 Å². The van der Waals surface area contributed by atoms with Crippen LogP contribution in [0, 0.1) is 5.82 Å². The molecule has 0 radical (unpaired) electrons. The number of hydrogen-bond acceptors (Lipinski definition) is 2. The van der Waals surface area contributed by atoms with Gasteiger partial charge in [-0.1, -0.05) is 18.2 Å². The number of thiocarbonyl (C=S) groups is 1. The van der Waals surface area contributed by atoms with Crippen LogP contribution in [0.3, 0.4) is 0 Å². The molecule has 1 aromatic carbocycles.